The molecule has 0 saturated heterocycles. The summed E-state index contributed by atoms with van der Waals surface area (Å²) in [5, 5.41) is 0. The molecule has 1 heterocycles. The van der Waals surface area contributed by atoms with Crippen LogP contribution in [0.3, 0.4) is 0 Å². The van der Waals surface area contributed by atoms with Gasteiger partial charge in [0.05, 0.1) is 22.7 Å². The second kappa shape index (κ2) is 10.9. The smallest absolute Gasteiger partial charge is 0.476 e. The molecule has 0 amide bonds. The number of ether oxygens (including phenoxy) is 2. The van der Waals surface area contributed by atoms with Gasteiger partial charge in [0, 0.05) is 23.9 Å². The highest BCUT2D eigenvalue weighted by Crippen LogP contribution is 2.45. The van der Waals surface area contributed by atoms with Crippen LogP contribution in [-0.4, -0.2) is 32.7 Å². The summed E-state index contributed by atoms with van der Waals surface area (Å²) < 4.78 is 37.7. The number of methoxy groups -OCH3 is 1. The van der Waals surface area contributed by atoms with E-state index in [1.54, 1.807) is 6.20 Å². The van der Waals surface area contributed by atoms with E-state index in [4.69, 9.17) is 9.47 Å². The quantitative estimate of drug-likeness (QED) is 0.414. The van der Waals surface area contributed by atoms with E-state index in [1.165, 1.54) is 7.11 Å². The molecule has 1 fully saturated rings. The van der Waals surface area contributed by atoms with Crippen molar-refractivity contribution < 1.29 is 22.7 Å². The number of hydrogen-bond donors (Lipinski definition) is 0. The maximum atomic E-state index is 12.9. The normalized spacial score (nSPS) is 19.2. The van der Waals surface area contributed by atoms with Gasteiger partial charge in [0.25, 0.3) is 0 Å². The molecular weight excluding hydrogens is 476 g/mol. The Morgan fingerprint density at radius 2 is 1.89 bits per heavy atom. The maximum Gasteiger partial charge on any atom is 0.476 e. The fourth-order valence-corrected chi connectivity index (χ4v) is 5.04. The molecule has 0 N–H and O–H groups in total. The lowest BCUT2D eigenvalue weighted by molar-refractivity contribution is -0.152. The first kappa shape index (κ1) is 25.4. The van der Waals surface area contributed by atoms with Crippen molar-refractivity contribution in [3.05, 3.63) is 88.4 Å². The van der Waals surface area contributed by atoms with Gasteiger partial charge in [-0.3, -0.25) is 9.78 Å². The van der Waals surface area contributed by atoms with Gasteiger partial charge in [0.1, 0.15) is 18.6 Å². The van der Waals surface area contributed by atoms with Gasteiger partial charge < -0.3 is 9.47 Å². The minimum Gasteiger partial charge on any atom is -0.488 e. The van der Waals surface area contributed by atoms with E-state index in [0.717, 1.165) is 34.4 Å². The van der Waals surface area contributed by atoms with E-state index >= 15 is 0 Å². The summed E-state index contributed by atoms with van der Waals surface area (Å²) in [6.07, 6.45) is 4.68. The van der Waals surface area contributed by atoms with Crippen LogP contribution >= 0.6 is 0 Å². The SMILES string of the molecule is COC(=O)[C@@]1(Cc2cc(-c3ccccc3OCc3ccccc3)ccn2)CCC(C#[N+]S(C)(=O)=O)C1. The average Bonchev–Trinajstić information content (AvgIpc) is 3.30. The second-order valence-electron chi connectivity index (χ2n) is 9.15. The number of pyridine rings is 1. The summed E-state index contributed by atoms with van der Waals surface area (Å²) in [5.41, 5.74) is 2.88. The van der Waals surface area contributed by atoms with Crippen LogP contribution in [0.25, 0.3) is 15.4 Å². The number of rotatable bonds is 7. The first-order valence-corrected chi connectivity index (χ1v) is 13.6. The molecule has 1 aliphatic rings. The third-order valence-corrected chi connectivity index (χ3v) is 6.84. The lowest BCUT2D eigenvalue weighted by atomic mass is 9.80. The number of hydrogen-bond acceptors (Lipinski definition) is 6. The lowest BCUT2D eigenvalue weighted by Gasteiger charge is -2.25. The molecule has 0 radical (unpaired) electrons. The standard InChI is InChI=1S/C28H29N2O5S/c1-34-27(31)28(14-12-22(17-28)19-30-36(2,32)33)18-24-16-23(13-15-29-24)25-10-6-7-11-26(25)35-20-21-8-4-3-5-9-21/h3-11,13,15-16,22H,12,14,17-18,20H2,1-2H3/q+1/t22?,28-/m0/s1. The van der Waals surface area contributed by atoms with E-state index in [-0.39, 0.29) is 11.9 Å². The number of esters is 1. The Kier molecular flexibility index (Phi) is 7.70. The molecule has 3 aromatic rings. The number of benzene rings is 2. The summed E-state index contributed by atoms with van der Waals surface area (Å²) in [6, 6.07) is 24.4. The summed E-state index contributed by atoms with van der Waals surface area (Å²) in [5.74, 6) is 0.188. The summed E-state index contributed by atoms with van der Waals surface area (Å²) in [6.45, 7) is 0.453. The Morgan fingerprint density at radius 3 is 2.64 bits per heavy atom. The molecule has 4 rings (SSSR count). The minimum atomic E-state index is -3.52. The zero-order valence-electron chi connectivity index (χ0n) is 20.4. The monoisotopic (exact) mass is 505 g/mol. The molecule has 2 aromatic carbocycles. The third kappa shape index (κ3) is 6.29. The van der Waals surface area contributed by atoms with Crippen LogP contribution in [-0.2, 0) is 32.6 Å². The van der Waals surface area contributed by atoms with Gasteiger partial charge in [-0.05, 0) is 48.6 Å². The van der Waals surface area contributed by atoms with Crippen LogP contribution < -0.4 is 4.74 Å². The molecular formula is C28H29N2O5S+. The number of aromatic nitrogens is 1. The van der Waals surface area contributed by atoms with Crippen molar-refractivity contribution in [2.24, 2.45) is 11.3 Å². The predicted octanol–water partition coefficient (Wildman–Crippen LogP) is 5.12. The number of nitrogens with zero attached hydrogens (tertiary/aromatic N) is 2. The van der Waals surface area contributed by atoms with Gasteiger partial charge in [-0.25, -0.2) is 0 Å². The zero-order chi connectivity index (χ0) is 25.6. The zero-order valence-corrected chi connectivity index (χ0v) is 21.2. The Hall–Kier alpha value is -3.70. The van der Waals surface area contributed by atoms with Crippen molar-refractivity contribution in [2.75, 3.05) is 13.4 Å². The first-order chi connectivity index (χ1) is 17.3. The second-order valence-corrected chi connectivity index (χ2v) is 10.8. The van der Waals surface area contributed by atoms with Gasteiger partial charge >= 0.3 is 22.1 Å². The number of carbonyl (C=O) groups is 1. The van der Waals surface area contributed by atoms with E-state index < -0.39 is 15.4 Å². The predicted molar refractivity (Wildman–Crippen MR) is 138 cm³/mol. The highest BCUT2D eigenvalue weighted by Gasteiger charge is 2.48. The van der Waals surface area contributed by atoms with E-state index in [2.05, 4.69) is 15.3 Å². The van der Waals surface area contributed by atoms with Crippen molar-refractivity contribution in [3.63, 3.8) is 0 Å². The molecule has 7 nitrogen and oxygen atoms in total. The highest BCUT2D eigenvalue weighted by molar-refractivity contribution is 7.92. The molecule has 8 heteroatoms. The molecule has 1 aliphatic carbocycles. The van der Waals surface area contributed by atoms with Crippen LogP contribution in [0.2, 0.25) is 0 Å². The summed E-state index contributed by atoms with van der Waals surface area (Å²) >= 11 is 0. The number of carbonyl (C=O) groups excluding carboxylic acids is 1. The molecule has 0 spiro atoms. The fraction of sp³-hybridized carbons (Fsp3) is 0.321. The molecule has 0 aliphatic heterocycles. The average molecular weight is 506 g/mol. The Balaban J connectivity index is 1.57. The van der Waals surface area contributed by atoms with Gasteiger partial charge in [-0.15, -0.1) is 8.42 Å². The molecule has 2 atom stereocenters. The molecule has 1 saturated carbocycles. The Morgan fingerprint density at radius 1 is 1.14 bits per heavy atom. The van der Waals surface area contributed by atoms with Crippen LogP contribution in [0.4, 0.5) is 0 Å². The Bertz CT molecular complexity index is 1400. The number of para-hydroxylation sites is 1. The van der Waals surface area contributed by atoms with Crippen molar-refractivity contribution in [3.8, 4) is 22.9 Å². The van der Waals surface area contributed by atoms with Crippen molar-refractivity contribution in [2.45, 2.75) is 32.3 Å². The van der Waals surface area contributed by atoms with Gasteiger partial charge in [0.2, 0.25) is 0 Å². The topological polar surface area (TPSA) is 86.9 Å². The molecule has 0 bridgehead atoms. The summed E-state index contributed by atoms with van der Waals surface area (Å²) in [7, 11) is -2.15. The fourth-order valence-electron chi connectivity index (χ4n) is 4.70. The van der Waals surface area contributed by atoms with Crippen molar-refractivity contribution in [1.29, 1.82) is 0 Å². The largest absolute Gasteiger partial charge is 0.488 e. The third-order valence-electron chi connectivity index (χ3n) is 6.40. The molecule has 1 aromatic heterocycles. The van der Waals surface area contributed by atoms with Gasteiger partial charge in [-0.2, -0.15) is 0 Å². The minimum absolute atomic E-state index is 0.242. The van der Waals surface area contributed by atoms with Crippen LogP contribution in [0, 0.1) is 17.4 Å². The van der Waals surface area contributed by atoms with Crippen LogP contribution in [0.1, 0.15) is 30.5 Å². The van der Waals surface area contributed by atoms with Crippen molar-refractivity contribution >= 4 is 16.0 Å². The van der Waals surface area contributed by atoms with Crippen LogP contribution in [0.5, 0.6) is 5.75 Å². The molecule has 1 unspecified atom stereocenters. The van der Waals surface area contributed by atoms with Gasteiger partial charge in [-0.1, -0.05) is 48.5 Å². The van der Waals surface area contributed by atoms with Crippen LogP contribution in [0.15, 0.2) is 72.9 Å². The molecule has 186 valence electrons. The van der Waals surface area contributed by atoms with E-state index in [1.807, 2.05) is 66.7 Å². The molecule has 36 heavy (non-hydrogen) atoms. The van der Waals surface area contributed by atoms with E-state index in [0.29, 0.717) is 32.3 Å². The van der Waals surface area contributed by atoms with Crippen molar-refractivity contribution in [1.82, 2.24) is 4.98 Å². The maximum absolute atomic E-state index is 12.9. The highest BCUT2D eigenvalue weighted by atomic mass is 32.2. The van der Waals surface area contributed by atoms with E-state index in [9.17, 15) is 13.2 Å². The number of sulfonamides is 1. The van der Waals surface area contributed by atoms with Gasteiger partial charge in [0.15, 0.2) is 0 Å². The summed E-state index contributed by atoms with van der Waals surface area (Å²) in [4.78, 5) is 17.4. The Labute approximate surface area is 212 Å². The lowest BCUT2D eigenvalue weighted by Crippen LogP contribution is -2.32. The first-order valence-electron chi connectivity index (χ1n) is 11.7.